The van der Waals surface area contributed by atoms with Crippen molar-refractivity contribution in [3.8, 4) is 11.5 Å². The Bertz CT molecular complexity index is 530. The smallest absolute Gasteiger partial charge is 0.262 e. The highest BCUT2D eigenvalue weighted by Gasteiger charge is 2.21. The van der Waals surface area contributed by atoms with Gasteiger partial charge in [-0.1, -0.05) is 37.5 Å². The van der Waals surface area contributed by atoms with Crippen molar-refractivity contribution in [2.45, 2.75) is 33.1 Å². The molecule has 0 aromatic carbocycles. The Labute approximate surface area is 105 Å². The predicted molar refractivity (Wildman–Crippen MR) is 65.0 cm³/mol. The maximum absolute atomic E-state index is 6.19. The van der Waals surface area contributed by atoms with Gasteiger partial charge in [-0.3, -0.25) is 4.68 Å². The number of nitrogens with zero attached hydrogens (tertiary/aromatic N) is 4. The third-order valence-corrected chi connectivity index (χ3v) is 2.99. The first-order chi connectivity index (χ1) is 8.04. The van der Waals surface area contributed by atoms with Crippen LogP contribution >= 0.6 is 11.6 Å². The molecule has 2 aromatic rings. The first-order valence-corrected chi connectivity index (χ1v) is 5.97. The summed E-state index contributed by atoms with van der Waals surface area (Å²) < 4.78 is 6.87. The number of halogens is 1. The molecule has 2 rings (SSSR count). The molecule has 2 aromatic heterocycles. The SMILES string of the molecule is CCc1nn(C)c(Cl)c1-c1nc(C(C)C)no1. The molecule has 92 valence electrons. The Hall–Kier alpha value is -1.36. The van der Waals surface area contributed by atoms with E-state index >= 15 is 0 Å². The van der Waals surface area contributed by atoms with Crippen LogP contribution in [0.15, 0.2) is 4.52 Å². The maximum Gasteiger partial charge on any atom is 0.262 e. The molecule has 0 unspecified atom stereocenters. The summed E-state index contributed by atoms with van der Waals surface area (Å²) in [5.41, 5.74) is 1.62. The summed E-state index contributed by atoms with van der Waals surface area (Å²) in [5.74, 6) is 1.36. The molecule has 0 bridgehead atoms. The van der Waals surface area contributed by atoms with Gasteiger partial charge in [0, 0.05) is 13.0 Å². The van der Waals surface area contributed by atoms with Crippen molar-refractivity contribution in [1.29, 1.82) is 0 Å². The van der Waals surface area contributed by atoms with Crippen LogP contribution in [0.25, 0.3) is 11.5 Å². The van der Waals surface area contributed by atoms with Gasteiger partial charge in [0.05, 0.1) is 11.3 Å². The fourth-order valence-corrected chi connectivity index (χ4v) is 1.81. The van der Waals surface area contributed by atoms with Gasteiger partial charge in [0.15, 0.2) is 5.82 Å². The highest BCUT2D eigenvalue weighted by Crippen LogP contribution is 2.30. The molecule has 0 spiro atoms. The highest BCUT2D eigenvalue weighted by molar-refractivity contribution is 6.32. The molecule has 2 heterocycles. The Balaban J connectivity index is 2.51. The van der Waals surface area contributed by atoms with Crippen molar-refractivity contribution >= 4 is 11.6 Å². The second-order valence-electron chi connectivity index (χ2n) is 4.20. The Morgan fingerprint density at radius 1 is 1.41 bits per heavy atom. The standard InChI is InChI=1S/C11H15ClN4O/c1-5-7-8(9(12)16(4)14-7)11-13-10(6(2)3)15-17-11/h6H,5H2,1-4H3. The van der Waals surface area contributed by atoms with Crippen LogP contribution in [0.5, 0.6) is 0 Å². The lowest BCUT2D eigenvalue weighted by atomic mass is 10.2. The van der Waals surface area contributed by atoms with Crippen molar-refractivity contribution in [3.63, 3.8) is 0 Å². The van der Waals surface area contributed by atoms with E-state index < -0.39 is 0 Å². The second-order valence-corrected chi connectivity index (χ2v) is 4.56. The Kier molecular flexibility index (Phi) is 3.19. The lowest BCUT2D eigenvalue weighted by molar-refractivity contribution is 0.419. The van der Waals surface area contributed by atoms with Gasteiger partial charge in [-0.2, -0.15) is 10.1 Å². The monoisotopic (exact) mass is 254 g/mol. The third kappa shape index (κ3) is 2.07. The minimum Gasteiger partial charge on any atom is -0.334 e. The maximum atomic E-state index is 6.19. The molecule has 0 aliphatic carbocycles. The van der Waals surface area contributed by atoms with Crippen molar-refractivity contribution in [3.05, 3.63) is 16.7 Å². The van der Waals surface area contributed by atoms with Crippen LogP contribution in [0, 0.1) is 0 Å². The molecule has 0 saturated carbocycles. The fraction of sp³-hybridized carbons (Fsp3) is 0.545. The third-order valence-electron chi connectivity index (χ3n) is 2.56. The summed E-state index contributed by atoms with van der Waals surface area (Å²) >= 11 is 6.19. The first-order valence-electron chi connectivity index (χ1n) is 5.59. The number of aromatic nitrogens is 4. The molecule has 0 fully saturated rings. The zero-order chi connectivity index (χ0) is 12.6. The predicted octanol–water partition coefficient (Wildman–Crippen LogP) is 2.81. The van der Waals surface area contributed by atoms with Crippen LogP contribution in [0.1, 0.15) is 38.2 Å². The number of hydrogen-bond acceptors (Lipinski definition) is 4. The van der Waals surface area contributed by atoms with E-state index in [1.807, 2.05) is 20.8 Å². The molecular formula is C11H15ClN4O. The van der Waals surface area contributed by atoms with Crippen LogP contribution in [0.2, 0.25) is 5.15 Å². The van der Waals surface area contributed by atoms with Gasteiger partial charge in [-0.25, -0.2) is 0 Å². The van der Waals surface area contributed by atoms with Crippen LogP contribution in [0.4, 0.5) is 0 Å². The van der Waals surface area contributed by atoms with E-state index in [1.54, 1.807) is 11.7 Å². The van der Waals surface area contributed by atoms with Crippen LogP contribution in [0.3, 0.4) is 0 Å². The molecule has 0 atom stereocenters. The van der Waals surface area contributed by atoms with Crippen molar-refractivity contribution in [2.24, 2.45) is 7.05 Å². The van der Waals surface area contributed by atoms with Gasteiger partial charge in [-0.05, 0) is 6.42 Å². The second kappa shape index (κ2) is 4.49. The van der Waals surface area contributed by atoms with E-state index in [4.69, 9.17) is 16.1 Å². The minimum absolute atomic E-state index is 0.230. The molecule has 0 amide bonds. The summed E-state index contributed by atoms with van der Waals surface area (Å²) in [6.07, 6.45) is 0.773. The minimum atomic E-state index is 0.230. The molecule has 5 nitrogen and oxygen atoms in total. The van der Waals surface area contributed by atoms with E-state index in [2.05, 4.69) is 15.2 Å². The molecule has 0 radical (unpaired) electrons. The molecular weight excluding hydrogens is 240 g/mol. The van der Waals surface area contributed by atoms with Crippen LogP contribution < -0.4 is 0 Å². The van der Waals surface area contributed by atoms with E-state index in [0.29, 0.717) is 16.9 Å². The quantitative estimate of drug-likeness (QED) is 0.845. The first kappa shape index (κ1) is 12.1. The number of aryl methyl sites for hydroxylation is 2. The van der Waals surface area contributed by atoms with Crippen molar-refractivity contribution in [2.75, 3.05) is 0 Å². The summed E-state index contributed by atoms with van der Waals surface area (Å²) in [4.78, 5) is 4.35. The largest absolute Gasteiger partial charge is 0.334 e. The average Bonchev–Trinajstić information content (AvgIpc) is 2.85. The molecule has 0 N–H and O–H groups in total. The Morgan fingerprint density at radius 2 is 2.12 bits per heavy atom. The highest BCUT2D eigenvalue weighted by atomic mass is 35.5. The number of hydrogen-bond donors (Lipinski definition) is 0. The lowest BCUT2D eigenvalue weighted by Crippen LogP contribution is -1.90. The zero-order valence-corrected chi connectivity index (χ0v) is 11.1. The van der Waals surface area contributed by atoms with E-state index in [9.17, 15) is 0 Å². The van der Waals surface area contributed by atoms with E-state index in [1.165, 1.54) is 0 Å². The van der Waals surface area contributed by atoms with Gasteiger partial charge in [0.1, 0.15) is 5.15 Å². The fourth-order valence-electron chi connectivity index (χ4n) is 1.59. The van der Waals surface area contributed by atoms with Gasteiger partial charge in [0.25, 0.3) is 5.89 Å². The van der Waals surface area contributed by atoms with Gasteiger partial charge in [0.2, 0.25) is 0 Å². The summed E-state index contributed by atoms with van der Waals surface area (Å²) in [6, 6.07) is 0. The normalized spacial score (nSPS) is 11.4. The van der Waals surface area contributed by atoms with Crippen LogP contribution in [-0.4, -0.2) is 19.9 Å². The molecule has 17 heavy (non-hydrogen) atoms. The molecule has 0 aliphatic rings. The van der Waals surface area contributed by atoms with Gasteiger partial charge < -0.3 is 4.52 Å². The lowest BCUT2D eigenvalue weighted by Gasteiger charge is -1.94. The number of rotatable bonds is 3. The summed E-state index contributed by atoms with van der Waals surface area (Å²) in [7, 11) is 1.80. The molecule has 6 heteroatoms. The Morgan fingerprint density at radius 3 is 2.65 bits per heavy atom. The van der Waals surface area contributed by atoms with E-state index in [0.717, 1.165) is 17.7 Å². The summed E-state index contributed by atoms with van der Waals surface area (Å²) in [5, 5.41) is 8.78. The summed E-state index contributed by atoms with van der Waals surface area (Å²) in [6.45, 7) is 6.04. The average molecular weight is 255 g/mol. The van der Waals surface area contributed by atoms with Crippen LogP contribution in [-0.2, 0) is 13.5 Å². The van der Waals surface area contributed by atoms with Gasteiger partial charge in [-0.15, -0.1) is 0 Å². The van der Waals surface area contributed by atoms with Gasteiger partial charge >= 0.3 is 0 Å². The molecule has 0 saturated heterocycles. The topological polar surface area (TPSA) is 56.7 Å². The zero-order valence-electron chi connectivity index (χ0n) is 10.4. The van der Waals surface area contributed by atoms with Crippen molar-refractivity contribution in [1.82, 2.24) is 19.9 Å². The van der Waals surface area contributed by atoms with Crippen molar-refractivity contribution < 1.29 is 4.52 Å². The molecule has 0 aliphatic heterocycles. The van der Waals surface area contributed by atoms with E-state index in [-0.39, 0.29) is 5.92 Å².